The Bertz CT molecular complexity index is 881. The van der Waals surface area contributed by atoms with Gasteiger partial charge in [0.25, 0.3) is 0 Å². The molecule has 5 nitrogen and oxygen atoms in total. The smallest absolute Gasteiger partial charge is 0.229 e. The largest absolute Gasteiger partial charge is 0.497 e. The van der Waals surface area contributed by atoms with E-state index in [0.717, 1.165) is 33.1 Å². The molecule has 0 amide bonds. The van der Waals surface area contributed by atoms with Crippen molar-refractivity contribution < 1.29 is 4.74 Å². The normalized spacial score (nSPS) is 10.4. The maximum atomic E-state index is 5.17. The van der Waals surface area contributed by atoms with Crippen LogP contribution in [-0.2, 0) is 0 Å². The summed E-state index contributed by atoms with van der Waals surface area (Å²) < 4.78 is 6.16. The van der Waals surface area contributed by atoms with Crippen molar-refractivity contribution in [1.29, 1.82) is 0 Å². The fourth-order valence-corrected chi connectivity index (χ4v) is 2.94. The molecule has 0 atom stereocenters. The second-order valence-electron chi connectivity index (χ2n) is 5.68. The van der Waals surface area contributed by atoms with Gasteiger partial charge in [0.15, 0.2) is 0 Å². The fraction of sp³-hybridized carbons (Fsp3) is 0.158. The van der Waals surface area contributed by atoms with E-state index in [1.54, 1.807) is 7.11 Å². The minimum atomic E-state index is 0.538. The second-order valence-corrected chi connectivity index (χ2v) is 6.53. The van der Waals surface area contributed by atoms with E-state index < -0.39 is 0 Å². The lowest BCUT2D eigenvalue weighted by molar-refractivity contribution is 0.415. The number of nitrogens with zero attached hydrogens (tertiary/aromatic N) is 2. The molecule has 0 fully saturated rings. The molecule has 0 saturated heterocycles. The molecule has 3 rings (SSSR count). The number of benzene rings is 2. The Labute approximate surface area is 155 Å². The van der Waals surface area contributed by atoms with E-state index >= 15 is 0 Å². The third kappa shape index (κ3) is 4.48. The number of anilines is 4. The predicted octanol–water partition coefficient (Wildman–Crippen LogP) is 5.35. The Hall–Kier alpha value is -2.60. The number of methoxy groups -OCH3 is 1. The molecule has 128 valence electrons. The van der Waals surface area contributed by atoms with Crippen molar-refractivity contribution in [3.63, 3.8) is 0 Å². The number of rotatable bonds is 5. The van der Waals surface area contributed by atoms with Crippen LogP contribution < -0.4 is 15.4 Å². The molecular formula is C19H19BrN4O. The van der Waals surface area contributed by atoms with Crippen molar-refractivity contribution >= 4 is 39.1 Å². The van der Waals surface area contributed by atoms with Crippen LogP contribution in [0.5, 0.6) is 5.75 Å². The van der Waals surface area contributed by atoms with Crippen molar-refractivity contribution in [2.24, 2.45) is 0 Å². The number of aryl methyl sites for hydroxylation is 2. The zero-order valence-corrected chi connectivity index (χ0v) is 15.9. The first-order chi connectivity index (χ1) is 12.0. The van der Waals surface area contributed by atoms with E-state index in [9.17, 15) is 0 Å². The third-order valence-electron chi connectivity index (χ3n) is 3.59. The molecule has 0 aliphatic carbocycles. The highest BCUT2D eigenvalue weighted by molar-refractivity contribution is 9.10. The monoisotopic (exact) mass is 398 g/mol. The van der Waals surface area contributed by atoms with Crippen molar-refractivity contribution in [3.05, 3.63) is 64.3 Å². The van der Waals surface area contributed by atoms with Gasteiger partial charge in [0.2, 0.25) is 5.95 Å². The van der Waals surface area contributed by atoms with E-state index in [4.69, 9.17) is 4.74 Å². The van der Waals surface area contributed by atoms with Crippen molar-refractivity contribution in [1.82, 2.24) is 9.97 Å². The van der Waals surface area contributed by atoms with Crippen molar-refractivity contribution in [2.45, 2.75) is 13.8 Å². The average molecular weight is 399 g/mol. The molecule has 25 heavy (non-hydrogen) atoms. The minimum Gasteiger partial charge on any atom is -0.497 e. The first-order valence-corrected chi connectivity index (χ1v) is 8.63. The summed E-state index contributed by atoms with van der Waals surface area (Å²) >= 11 is 3.58. The summed E-state index contributed by atoms with van der Waals surface area (Å²) in [6.07, 6.45) is 0. The summed E-state index contributed by atoms with van der Waals surface area (Å²) in [4.78, 5) is 8.99. The van der Waals surface area contributed by atoms with Gasteiger partial charge in [-0.15, -0.1) is 0 Å². The molecule has 0 aliphatic heterocycles. The summed E-state index contributed by atoms with van der Waals surface area (Å²) in [5, 5.41) is 6.54. The van der Waals surface area contributed by atoms with E-state index in [2.05, 4.69) is 55.6 Å². The third-order valence-corrected chi connectivity index (χ3v) is 4.24. The van der Waals surface area contributed by atoms with Crippen molar-refractivity contribution in [2.75, 3.05) is 17.7 Å². The summed E-state index contributed by atoms with van der Waals surface area (Å²) in [6, 6.07) is 15.7. The Morgan fingerprint density at radius 3 is 2.36 bits per heavy atom. The summed E-state index contributed by atoms with van der Waals surface area (Å²) in [5.74, 6) is 2.08. The average Bonchev–Trinajstić information content (AvgIpc) is 2.58. The van der Waals surface area contributed by atoms with Crippen LogP contribution in [0.25, 0.3) is 0 Å². The van der Waals surface area contributed by atoms with Gasteiger partial charge >= 0.3 is 0 Å². The number of hydrogen-bond acceptors (Lipinski definition) is 5. The zero-order chi connectivity index (χ0) is 17.8. The van der Waals surface area contributed by atoms with E-state index in [-0.39, 0.29) is 0 Å². The van der Waals surface area contributed by atoms with Gasteiger partial charge in [-0.2, -0.15) is 4.98 Å². The van der Waals surface area contributed by atoms with Gasteiger partial charge in [-0.25, -0.2) is 4.98 Å². The lowest BCUT2D eigenvalue weighted by Gasteiger charge is -2.12. The zero-order valence-electron chi connectivity index (χ0n) is 14.3. The summed E-state index contributed by atoms with van der Waals surface area (Å²) in [6.45, 7) is 4.00. The first-order valence-electron chi connectivity index (χ1n) is 7.83. The highest BCUT2D eigenvalue weighted by Crippen LogP contribution is 2.27. The van der Waals surface area contributed by atoms with E-state index in [0.29, 0.717) is 5.95 Å². The van der Waals surface area contributed by atoms with Crippen LogP contribution in [0.2, 0.25) is 0 Å². The molecule has 1 heterocycles. The van der Waals surface area contributed by atoms with Crippen LogP contribution >= 0.6 is 15.9 Å². The number of hydrogen-bond donors (Lipinski definition) is 2. The van der Waals surface area contributed by atoms with Crippen LogP contribution in [0.1, 0.15) is 11.3 Å². The molecule has 0 saturated carbocycles. The molecular weight excluding hydrogens is 380 g/mol. The highest BCUT2D eigenvalue weighted by Gasteiger charge is 2.06. The highest BCUT2D eigenvalue weighted by atomic mass is 79.9. The molecule has 0 aliphatic rings. The Morgan fingerprint density at radius 1 is 0.920 bits per heavy atom. The summed E-state index contributed by atoms with van der Waals surface area (Å²) in [7, 11) is 1.65. The molecule has 0 bridgehead atoms. The standard InChI is InChI=1S/C19H19BrN4O/c1-12-4-9-17(16(20)10-12)23-18-11-13(2)21-19(24-18)22-14-5-7-15(25-3)8-6-14/h4-11H,1-3H3,(H2,21,22,23,24). The van der Waals surface area contributed by atoms with Gasteiger partial charge in [-0.1, -0.05) is 6.07 Å². The Kier molecular flexibility index (Phi) is 5.19. The Balaban J connectivity index is 1.82. The Morgan fingerprint density at radius 2 is 1.68 bits per heavy atom. The molecule has 3 aromatic rings. The van der Waals surface area contributed by atoms with Gasteiger partial charge in [-0.3, -0.25) is 0 Å². The fourth-order valence-electron chi connectivity index (χ4n) is 2.35. The number of aromatic nitrogens is 2. The second kappa shape index (κ2) is 7.53. The van der Waals surface area contributed by atoms with Gasteiger partial charge in [0, 0.05) is 21.9 Å². The van der Waals surface area contributed by atoms with E-state index in [1.165, 1.54) is 5.56 Å². The number of ether oxygens (including phenoxy) is 1. The minimum absolute atomic E-state index is 0.538. The maximum Gasteiger partial charge on any atom is 0.229 e. The predicted molar refractivity (Wildman–Crippen MR) is 105 cm³/mol. The SMILES string of the molecule is COc1ccc(Nc2nc(C)cc(Nc3ccc(C)cc3Br)n2)cc1. The molecule has 0 radical (unpaired) electrons. The molecule has 2 N–H and O–H groups in total. The first kappa shape index (κ1) is 17.2. The number of halogens is 1. The maximum absolute atomic E-state index is 5.17. The molecule has 2 aromatic carbocycles. The molecule has 1 aromatic heterocycles. The van der Waals surface area contributed by atoms with Gasteiger partial charge in [0.05, 0.1) is 12.8 Å². The van der Waals surface area contributed by atoms with E-state index in [1.807, 2.05) is 43.3 Å². The molecule has 0 unspecified atom stereocenters. The summed E-state index contributed by atoms with van der Waals surface area (Å²) in [5.41, 5.74) is 3.92. The lowest BCUT2D eigenvalue weighted by Crippen LogP contribution is -2.02. The van der Waals surface area contributed by atoms with Crippen LogP contribution in [0.15, 0.2) is 53.0 Å². The van der Waals surface area contributed by atoms with Crippen LogP contribution in [0, 0.1) is 13.8 Å². The molecule has 0 spiro atoms. The quantitative estimate of drug-likeness (QED) is 0.606. The van der Waals surface area contributed by atoms with Crippen molar-refractivity contribution in [3.8, 4) is 5.75 Å². The topological polar surface area (TPSA) is 59.1 Å². The van der Waals surface area contributed by atoms with Crippen LogP contribution in [-0.4, -0.2) is 17.1 Å². The van der Waals surface area contributed by atoms with Crippen LogP contribution in [0.4, 0.5) is 23.1 Å². The van der Waals surface area contributed by atoms with Crippen LogP contribution in [0.3, 0.4) is 0 Å². The van der Waals surface area contributed by atoms with Gasteiger partial charge in [0.1, 0.15) is 11.6 Å². The van der Waals surface area contributed by atoms with Gasteiger partial charge < -0.3 is 15.4 Å². The molecule has 6 heteroatoms. The lowest BCUT2D eigenvalue weighted by atomic mass is 10.2. The van der Waals surface area contributed by atoms with Gasteiger partial charge in [-0.05, 0) is 71.7 Å². The number of nitrogens with one attached hydrogen (secondary N) is 2.